The lowest BCUT2D eigenvalue weighted by Gasteiger charge is -2.47. The van der Waals surface area contributed by atoms with E-state index >= 15 is 0 Å². The third-order valence-corrected chi connectivity index (χ3v) is 4.63. The van der Waals surface area contributed by atoms with Crippen molar-refractivity contribution in [3.8, 4) is 0 Å². The van der Waals surface area contributed by atoms with Crippen LogP contribution >= 0.6 is 0 Å². The lowest BCUT2D eigenvalue weighted by Crippen LogP contribution is -2.44. The van der Waals surface area contributed by atoms with Crippen LogP contribution in [-0.4, -0.2) is 6.10 Å². The fourth-order valence-corrected chi connectivity index (χ4v) is 3.76. The van der Waals surface area contributed by atoms with Crippen LogP contribution in [0.5, 0.6) is 0 Å². The van der Waals surface area contributed by atoms with E-state index in [2.05, 4.69) is 32.0 Å². The normalized spacial score (nSPS) is 30.0. The van der Waals surface area contributed by atoms with Gasteiger partial charge in [-0.2, -0.15) is 0 Å². The minimum absolute atomic E-state index is 0.0558. The lowest BCUT2D eigenvalue weighted by atomic mass is 9.74. The Labute approximate surface area is 111 Å². The Morgan fingerprint density at radius 3 is 3.11 bits per heavy atom. The van der Waals surface area contributed by atoms with Gasteiger partial charge in [-0.1, -0.05) is 43.5 Å². The average molecular weight is 244 g/mol. The average Bonchev–Trinajstić information content (AvgIpc) is 2.36. The number of rotatable bonds is 3. The van der Waals surface area contributed by atoms with E-state index in [0.717, 1.165) is 6.42 Å². The highest BCUT2D eigenvalue weighted by molar-refractivity contribution is 5.38. The Hall–Kier alpha value is -0.820. The quantitative estimate of drug-likeness (QED) is 0.760. The molecule has 2 aliphatic heterocycles. The van der Waals surface area contributed by atoms with E-state index in [1.807, 2.05) is 0 Å². The maximum atomic E-state index is 6.48. The third-order valence-electron chi connectivity index (χ3n) is 4.63. The van der Waals surface area contributed by atoms with Gasteiger partial charge in [-0.05, 0) is 50.2 Å². The molecule has 0 saturated carbocycles. The zero-order valence-corrected chi connectivity index (χ0v) is 11.7. The van der Waals surface area contributed by atoms with Crippen LogP contribution in [0.2, 0.25) is 0 Å². The van der Waals surface area contributed by atoms with Gasteiger partial charge in [0.05, 0.1) is 11.7 Å². The van der Waals surface area contributed by atoms with Gasteiger partial charge in [0.25, 0.3) is 0 Å². The Balaban J connectivity index is 2.01. The molecule has 0 amide bonds. The first kappa shape index (κ1) is 12.2. The first-order valence-electron chi connectivity index (χ1n) is 7.51. The number of benzene rings is 1. The minimum Gasteiger partial charge on any atom is -0.367 e. The molecule has 0 aliphatic carbocycles. The molecular formula is C17H24O. The van der Waals surface area contributed by atoms with Gasteiger partial charge in [0.2, 0.25) is 0 Å². The molecule has 18 heavy (non-hydrogen) atoms. The molecule has 1 aromatic rings. The zero-order chi connectivity index (χ0) is 12.6. The maximum absolute atomic E-state index is 6.48. The zero-order valence-electron chi connectivity index (χ0n) is 11.7. The lowest BCUT2D eigenvalue weighted by molar-refractivity contribution is -0.149. The van der Waals surface area contributed by atoms with Crippen molar-refractivity contribution in [1.29, 1.82) is 0 Å². The highest BCUT2D eigenvalue weighted by Gasteiger charge is 2.43. The number of unbranched alkanes of at least 4 members (excludes halogenated alkanes) is 1. The molecule has 0 aromatic heterocycles. The van der Waals surface area contributed by atoms with E-state index in [1.165, 1.54) is 49.7 Å². The maximum Gasteiger partial charge on any atom is 0.0937 e. The molecule has 0 unspecified atom stereocenters. The largest absolute Gasteiger partial charge is 0.367 e. The summed E-state index contributed by atoms with van der Waals surface area (Å²) in [5, 5.41) is 0. The number of ether oxygens (including phenoxy) is 1. The molecule has 98 valence electrons. The first-order valence-corrected chi connectivity index (χ1v) is 7.51. The van der Waals surface area contributed by atoms with Gasteiger partial charge in [-0.15, -0.1) is 0 Å². The van der Waals surface area contributed by atoms with E-state index in [9.17, 15) is 0 Å². The second-order valence-corrected chi connectivity index (χ2v) is 6.09. The van der Waals surface area contributed by atoms with Crippen molar-refractivity contribution >= 4 is 0 Å². The van der Waals surface area contributed by atoms with E-state index in [0.29, 0.717) is 6.10 Å². The van der Waals surface area contributed by atoms with Crippen LogP contribution in [0, 0.1) is 6.92 Å². The highest BCUT2D eigenvalue weighted by Crippen LogP contribution is 2.47. The van der Waals surface area contributed by atoms with Crippen LogP contribution in [-0.2, 0) is 16.8 Å². The smallest absolute Gasteiger partial charge is 0.0937 e. The predicted molar refractivity (Wildman–Crippen MR) is 74.8 cm³/mol. The molecule has 1 heteroatoms. The topological polar surface area (TPSA) is 9.23 Å². The highest BCUT2D eigenvalue weighted by atomic mass is 16.5. The van der Waals surface area contributed by atoms with Crippen molar-refractivity contribution in [3.63, 3.8) is 0 Å². The molecule has 0 spiro atoms. The van der Waals surface area contributed by atoms with Gasteiger partial charge in [-0.3, -0.25) is 0 Å². The van der Waals surface area contributed by atoms with Gasteiger partial charge in [0.1, 0.15) is 0 Å². The molecular weight excluding hydrogens is 220 g/mol. The van der Waals surface area contributed by atoms with Gasteiger partial charge in [0.15, 0.2) is 0 Å². The van der Waals surface area contributed by atoms with E-state index in [1.54, 1.807) is 5.56 Å². The van der Waals surface area contributed by atoms with Crippen LogP contribution < -0.4 is 0 Å². The van der Waals surface area contributed by atoms with Crippen molar-refractivity contribution in [2.45, 2.75) is 70.5 Å². The van der Waals surface area contributed by atoms with Crippen molar-refractivity contribution in [1.82, 2.24) is 0 Å². The van der Waals surface area contributed by atoms with Gasteiger partial charge < -0.3 is 4.74 Å². The number of aryl methyl sites for hydroxylation is 1. The van der Waals surface area contributed by atoms with Crippen molar-refractivity contribution in [3.05, 3.63) is 34.9 Å². The molecule has 1 aromatic carbocycles. The van der Waals surface area contributed by atoms with E-state index in [4.69, 9.17) is 4.74 Å². The molecule has 0 radical (unpaired) electrons. The van der Waals surface area contributed by atoms with Crippen LogP contribution in [0.4, 0.5) is 0 Å². The molecule has 1 saturated heterocycles. The molecule has 2 bridgehead atoms. The summed E-state index contributed by atoms with van der Waals surface area (Å²) >= 11 is 0. The molecule has 0 N–H and O–H groups in total. The number of hydrogen-bond donors (Lipinski definition) is 0. The monoisotopic (exact) mass is 244 g/mol. The fourth-order valence-electron chi connectivity index (χ4n) is 3.76. The molecule has 2 atom stereocenters. The van der Waals surface area contributed by atoms with Crippen LogP contribution in [0.3, 0.4) is 0 Å². The summed E-state index contributed by atoms with van der Waals surface area (Å²) in [5.74, 6) is 0. The standard InChI is InChI=1S/C17H24O/c1-3-4-9-17-10-5-6-15(18-17)12-14-11-13(2)7-8-16(14)17/h7-8,11,15H,3-6,9-10,12H2,1-2H3/t15-,17+/m1/s1. The number of fused-ring (bicyclic) bond motifs is 4. The SMILES string of the molecule is CCCC[C@]12CCC[C@H](Cc3cc(C)ccc31)O2. The van der Waals surface area contributed by atoms with E-state index in [-0.39, 0.29) is 5.60 Å². The molecule has 3 rings (SSSR count). The van der Waals surface area contributed by atoms with Gasteiger partial charge in [0, 0.05) is 0 Å². The Bertz CT molecular complexity index is 437. The van der Waals surface area contributed by atoms with Crippen molar-refractivity contribution < 1.29 is 4.74 Å². The fraction of sp³-hybridized carbons (Fsp3) is 0.647. The van der Waals surface area contributed by atoms with E-state index < -0.39 is 0 Å². The Morgan fingerprint density at radius 1 is 1.39 bits per heavy atom. The minimum atomic E-state index is 0.0558. The number of hydrogen-bond acceptors (Lipinski definition) is 1. The van der Waals surface area contributed by atoms with Gasteiger partial charge in [-0.25, -0.2) is 0 Å². The summed E-state index contributed by atoms with van der Waals surface area (Å²) in [5.41, 5.74) is 4.50. The Kier molecular flexibility index (Phi) is 3.19. The molecule has 2 heterocycles. The van der Waals surface area contributed by atoms with Crippen LogP contribution in [0.15, 0.2) is 18.2 Å². The summed E-state index contributed by atoms with van der Waals surface area (Å²) in [7, 11) is 0. The summed E-state index contributed by atoms with van der Waals surface area (Å²) in [6, 6.07) is 6.98. The van der Waals surface area contributed by atoms with Gasteiger partial charge >= 0.3 is 0 Å². The van der Waals surface area contributed by atoms with Crippen LogP contribution in [0.25, 0.3) is 0 Å². The summed E-state index contributed by atoms with van der Waals surface area (Å²) < 4.78 is 6.48. The second kappa shape index (κ2) is 4.70. The van der Waals surface area contributed by atoms with Crippen molar-refractivity contribution in [2.75, 3.05) is 0 Å². The summed E-state index contributed by atoms with van der Waals surface area (Å²) in [6.45, 7) is 4.47. The molecule has 1 fully saturated rings. The summed E-state index contributed by atoms with van der Waals surface area (Å²) in [4.78, 5) is 0. The second-order valence-electron chi connectivity index (χ2n) is 6.09. The predicted octanol–water partition coefficient (Wildman–Crippen LogP) is 4.51. The van der Waals surface area contributed by atoms with Crippen LogP contribution in [0.1, 0.15) is 62.1 Å². The van der Waals surface area contributed by atoms with Crippen molar-refractivity contribution in [2.24, 2.45) is 0 Å². The first-order chi connectivity index (χ1) is 8.73. The third kappa shape index (κ3) is 1.99. The molecule has 1 nitrogen and oxygen atoms in total. The molecule has 2 aliphatic rings. The Morgan fingerprint density at radius 2 is 2.28 bits per heavy atom. The summed E-state index contributed by atoms with van der Waals surface area (Å²) in [6.07, 6.45) is 9.16.